The molecule has 0 fully saturated rings. The van der Waals surface area contributed by atoms with Gasteiger partial charge < -0.3 is 11.1 Å². The highest BCUT2D eigenvalue weighted by molar-refractivity contribution is 5.45. The van der Waals surface area contributed by atoms with E-state index in [0.717, 1.165) is 16.8 Å². The Hall–Kier alpha value is -2.38. The van der Waals surface area contributed by atoms with Crippen LogP contribution in [0.15, 0.2) is 36.4 Å². The van der Waals surface area contributed by atoms with Gasteiger partial charge in [0.05, 0.1) is 11.6 Å². The molecule has 2 rings (SSSR count). The Labute approximate surface area is 112 Å². The van der Waals surface area contributed by atoms with Crippen LogP contribution in [0.2, 0.25) is 0 Å². The van der Waals surface area contributed by atoms with Gasteiger partial charge in [0, 0.05) is 18.8 Å². The number of benzene rings is 1. The van der Waals surface area contributed by atoms with Crippen molar-refractivity contribution in [2.75, 3.05) is 5.32 Å². The van der Waals surface area contributed by atoms with Crippen LogP contribution in [0.1, 0.15) is 22.4 Å². The van der Waals surface area contributed by atoms with E-state index in [1.54, 1.807) is 12.1 Å². The molecule has 0 saturated carbocycles. The van der Waals surface area contributed by atoms with Crippen LogP contribution in [0.4, 0.5) is 5.82 Å². The number of anilines is 1. The van der Waals surface area contributed by atoms with Crippen molar-refractivity contribution < 1.29 is 0 Å². The lowest BCUT2D eigenvalue weighted by Gasteiger charge is -2.10. The molecule has 0 atom stereocenters. The number of pyridine rings is 1. The fourth-order valence-electron chi connectivity index (χ4n) is 1.94. The van der Waals surface area contributed by atoms with Crippen molar-refractivity contribution in [3.8, 4) is 6.07 Å². The maximum Gasteiger partial charge on any atom is 0.127 e. The van der Waals surface area contributed by atoms with Crippen molar-refractivity contribution in [3.05, 3.63) is 58.8 Å². The summed E-state index contributed by atoms with van der Waals surface area (Å²) >= 11 is 0. The second-order valence-corrected chi connectivity index (χ2v) is 4.32. The van der Waals surface area contributed by atoms with Gasteiger partial charge in [-0.15, -0.1) is 0 Å². The Morgan fingerprint density at radius 2 is 2.00 bits per heavy atom. The first-order valence-corrected chi connectivity index (χ1v) is 6.12. The van der Waals surface area contributed by atoms with E-state index in [2.05, 4.69) is 16.4 Å². The third-order valence-electron chi connectivity index (χ3n) is 2.88. The molecule has 2 aromatic rings. The molecule has 0 amide bonds. The molecule has 1 aromatic carbocycles. The number of nitrogens with two attached hydrogens (primary N) is 1. The van der Waals surface area contributed by atoms with Crippen molar-refractivity contribution in [2.45, 2.75) is 20.0 Å². The maximum absolute atomic E-state index is 8.93. The summed E-state index contributed by atoms with van der Waals surface area (Å²) in [5.41, 5.74) is 9.40. The van der Waals surface area contributed by atoms with Crippen LogP contribution in [0, 0.1) is 18.3 Å². The number of aryl methyl sites for hydroxylation is 1. The zero-order chi connectivity index (χ0) is 13.7. The summed E-state index contributed by atoms with van der Waals surface area (Å²) in [6.07, 6.45) is 0. The summed E-state index contributed by atoms with van der Waals surface area (Å²) in [5.74, 6) is 0.711. The Morgan fingerprint density at radius 3 is 2.68 bits per heavy atom. The number of hydrogen-bond acceptors (Lipinski definition) is 4. The molecule has 1 aromatic heterocycles. The van der Waals surface area contributed by atoms with E-state index in [-0.39, 0.29) is 0 Å². The molecular formula is C15H16N4. The molecule has 0 bridgehead atoms. The molecule has 1 heterocycles. The normalized spacial score (nSPS) is 9.95. The predicted octanol–water partition coefficient (Wildman–Crippen LogP) is 2.33. The Kier molecular flexibility index (Phi) is 4.11. The van der Waals surface area contributed by atoms with Crippen LogP contribution in [-0.4, -0.2) is 4.98 Å². The molecule has 0 radical (unpaired) electrons. The van der Waals surface area contributed by atoms with Gasteiger partial charge in [0.2, 0.25) is 0 Å². The molecule has 0 aliphatic heterocycles. The van der Waals surface area contributed by atoms with Crippen LogP contribution in [0.25, 0.3) is 0 Å². The molecule has 0 spiro atoms. The molecule has 3 N–H and O–H groups in total. The summed E-state index contributed by atoms with van der Waals surface area (Å²) in [6, 6.07) is 13.7. The topological polar surface area (TPSA) is 74.7 Å². The number of nitriles is 1. The lowest BCUT2D eigenvalue weighted by Crippen LogP contribution is -2.07. The van der Waals surface area contributed by atoms with Gasteiger partial charge in [0.25, 0.3) is 0 Å². The highest BCUT2D eigenvalue weighted by Crippen LogP contribution is 2.13. The van der Waals surface area contributed by atoms with Gasteiger partial charge in [-0.05, 0) is 30.2 Å². The number of nitrogens with one attached hydrogen (secondary N) is 1. The number of nitrogens with zero attached hydrogens (tertiary/aromatic N) is 2. The van der Waals surface area contributed by atoms with Gasteiger partial charge in [-0.3, -0.25) is 0 Å². The van der Waals surface area contributed by atoms with Crippen LogP contribution in [-0.2, 0) is 13.1 Å². The van der Waals surface area contributed by atoms with Crippen molar-refractivity contribution in [2.24, 2.45) is 5.73 Å². The fourth-order valence-corrected chi connectivity index (χ4v) is 1.94. The second-order valence-electron chi connectivity index (χ2n) is 4.32. The molecule has 0 aliphatic carbocycles. The first-order chi connectivity index (χ1) is 9.22. The quantitative estimate of drug-likeness (QED) is 0.875. The molecule has 0 saturated heterocycles. The Balaban J connectivity index is 2.15. The van der Waals surface area contributed by atoms with E-state index in [9.17, 15) is 0 Å². The lowest BCUT2D eigenvalue weighted by atomic mass is 10.1. The van der Waals surface area contributed by atoms with Gasteiger partial charge in [-0.1, -0.05) is 24.3 Å². The summed E-state index contributed by atoms with van der Waals surface area (Å²) in [7, 11) is 0. The van der Waals surface area contributed by atoms with E-state index in [0.29, 0.717) is 24.5 Å². The minimum absolute atomic E-state index is 0.516. The summed E-state index contributed by atoms with van der Waals surface area (Å²) in [5, 5.41) is 12.2. The van der Waals surface area contributed by atoms with E-state index >= 15 is 0 Å². The predicted molar refractivity (Wildman–Crippen MR) is 75.3 cm³/mol. The summed E-state index contributed by atoms with van der Waals surface area (Å²) < 4.78 is 0. The van der Waals surface area contributed by atoms with Crippen LogP contribution in [0.5, 0.6) is 0 Å². The SMILES string of the molecule is Cc1cc(C#N)cc(NCc2ccccc2CN)n1. The lowest BCUT2D eigenvalue weighted by molar-refractivity contribution is 0.999. The number of rotatable bonds is 4. The van der Waals surface area contributed by atoms with Gasteiger partial charge in [-0.25, -0.2) is 4.98 Å². The van der Waals surface area contributed by atoms with E-state index in [1.165, 1.54) is 0 Å². The Morgan fingerprint density at radius 1 is 1.26 bits per heavy atom. The zero-order valence-corrected chi connectivity index (χ0v) is 10.9. The molecule has 4 nitrogen and oxygen atoms in total. The van der Waals surface area contributed by atoms with E-state index in [4.69, 9.17) is 11.0 Å². The van der Waals surface area contributed by atoms with E-state index < -0.39 is 0 Å². The van der Waals surface area contributed by atoms with Crippen molar-refractivity contribution in [3.63, 3.8) is 0 Å². The highest BCUT2D eigenvalue weighted by atomic mass is 15.0. The maximum atomic E-state index is 8.93. The zero-order valence-electron chi connectivity index (χ0n) is 10.9. The third-order valence-corrected chi connectivity index (χ3v) is 2.88. The van der Waals surface area contributed by atoms with Gasteiger partial charge in [0.15, 0.2) is 0 Å². The minimum atomic E-state index is 0.516. The van der Waals surface area contributed by atoms with Crippen LogP contribution < -0.4 is 11.1 Å². The van der Waals surface area contributed by atoms with E-state index in [1.807, 2.05) is 31.2 Å². The fraction of sp³-hybridized carbons (Fsp3) is 0.200. The molecule has 19 heavy (non-hydrogen) atoms. The Bertz CT molecular complexity index is 614. The minimum Gasteiger partial charge on any atom is -0.366 e. The summed E-state index contributed by atoms with van der Waals surface area (Å²) in [4.78, 5) is 4.36. The smallest absolute Gasteiger partial charge is 0.127 e. The van der Waals surface area contributed by atoms with Crippen LogP contribution >= 0.6 is 0 Å². The largest absolute Gasteiger partial charge is 0.366 e. The third kappa shape index (κ3) is 3.30. The molecule has 0 unspecified atom stereocenters. The highest BCUT2D eigenvalue weighted by Gasteiger charge is 2.02. The first-order valence-electron chi connectivity index (χ1n) is 6.12. The molecule has 96 valence electrons. The van der Waals surface area contributed by atoms with Gasteiger partial charge in [0.1, 0.15) is 5.82 Å². The summed E-state index contributed by atoms with van der Waals surface area (Å²) in [6.45, 7) is 3.04. The standard InChI is InChI=1S/C15H16N4/c1-11-6-12(8-16)7-15(19-11)18-10-14-5-3-2-4-13(14)9-17/h2-7H,9-10,17H2,1H3,(H,18,19). The van der Waals surface area contributed by atoms with Crippen molar-refractivity contribution in [1.82, 2.24) is 4.98 Å². The molecule has 4 heteroatoms. The second kappa shape index (κ2) is 5.98. The first kappa shape index (κ1) is 13.1. The number of hydrogen-bond donors (Lipinski definition) is 2. The number of aromatic nitrogens is 1. The average molecular weight is 252 g/mol. The van der Waals surface area contributed by atoms with Gasteiger partial charge >= 0.3 is 0 Å². The molecule has 0 aliphatic rings. The van der Waals surface area contributed by atoms with Crippen molar-refractivity contribution in [1.29, 1.82) is 5.26 Å². The van der Waals surface area contributed by atoms with Crippen LogP contribution in [0.3, 0.4) is 0 Å². The monoisotopic (exact) mass is 252 g/mol. The molecular weight excluding hydrogens is 236 g/mol. The average Bonchev–Trinajstić information content (AvgIpc) is 2.44. The van der Waals surface area contributed by atoms with Gasteiger partial charge in [-0.2, -0.15) is 5.26 Å². The van der Waals surface area contributed by atoms with Crippen molar-refractivity contribution >= 4 is 5.82 Å².